The van der Waals surface area contributed by atoms with Crippen LogP contribution in [0.2, 0.25) is 0 Å². The van der Waals surface area contributed by atoms with E-state index in [0.717, 1.165) is 15.8 Å². The van der Waals surface area contributed by atoms with Gasteiger partial charge in [0, 0.05) is 5.57 Å². The molecule has 0 saturated heterocycles. The van der Waals surface area contributed by atoms with Crippen molar-refractivity contribution in [1.29, 1.82) is 0 Å². The summed E-state index contributed by atoms with van der Waals surface area (Å²) in [6.45, 7) is 0. The Labute approximate surface area is 234 Å². The van der Waals surface area contributed by atoms with Crippen molar-refractivity contribution in [2.45, 2.75) is 80.2 Å². The van der Waals surface area contributed by atoms with Crippen LogP contribution in [0.5, 0.6) is 0 Å². The normalized spacial score (nSPS) is 28.8. The summed E-state index contributed by atoms with van der Waals surface area (Å²) < 4.78 is 65.3. The molecule has 0 spiro atoms. The SMILES string of the molecule is O=C(O)C1=NN(C2CCC(S(=O)(=O)O)CC2)C(O)/C1=C\C=Cc1c(C(=O)O)[nH]n(C2CCC(S(=O)(=O)O)CC2)c1=O. The van der Waals surface area contributed by atoms with E-state index < -0.39 is 78.0 Å². The molecule has 0 radical (unpaired) electrons. The summed E-state index contributed by atoms with van der Waals surface area (Å²) in [6, 6.07) is -1.04. The number of hydrazone groups is 1. The maximum atomic E-state index is 13.1. The fourth-order valence-electron chi connectivity index (χ4n) is 5.61. The highest BCUT2D eigenvalue weighted by molar-refractivity contribution is 7.86. The minimum absolute atomic E-state index is 0.0811. The van der Waals surface area contributed by atoms with Gasteiger partial charge in [0.1, 0.15) is 0 Å². The molecule has 1 atom stereocenters. The number of aromatic amines is 1. The molecule has 2 aliphatic carbocycles. The van der Waals surface area contributed by atoms with Crippen molar-refractivity contribution in [3.8, 4) is 0 Å². The summed E-state index contributed by atoms with van der Waals surface area (Å²) >= 11 is 0. The van der Waals surface area contributed by atoms with Crippen LogP contribution in [-0.2, 0) is 25.0 Å². The fourth-order valence-corrected chi connectivity index (χ4v) is 7.34. The Bertz CT molecular complexity index is 1570. The Morgan fingerprint density at radius 2 is 1.37 bits per heavy atom. The van der Waals surface area contributed by atoms with E-state index in [1.54, 1.807) is 0 Å². The zero-order valence-electron chi connectivity index (χ0n) is 21.5. The van der Waals surface area contributed by atoms with Crippen LogP contribution in [0.15, 0.2) is 27.6 Å². The fraction of sp³-hybridized carbons (Fsp3) is 0.565. The van der Waals surface area contributed by atoms with Gasteiger partial charge in [0.25, 0.3) is 25.8 Å². The number of aliphatic hydroxyl groups is 1. The quantitative estimate of drug-likeness (QED) is 0.217. The number of carbonyl (C=O) groups is 2. The minimum Gasteiger partial charge on any atom is -0.477 e. The Morgan fingerprint density at radius 3 is 1.83 bits per heavy atom. The number of hydrogen-bond acceptors (Lipinski definition) is 10. The van der Waals surface area contributed by atoms with Crippen LogP contribution in [0.4, 0.5) is 0 Å². The number of aliphatic hydroxyl groups excluding tert-OH is 1. The van der Waals surface area contributed by atoms with Crippen LogP contribution in [-0.4, -0.2) is 96.5 Å². The van der Waals surface area contributed by atoms with E-state index in [9.17, 15) is 55.6 Å². The van der Waals surface area contributed by atoms with Crippen LogP contribution >= 0.6 is 0 Å². The first-order valence-corrected chi connectivity index (χ1v) is 15.8. The number of aromatic carboxylic acids is 1. The van der Waals surface area contributed by atoms with E-state index in [2.05, 4.69) is 10.2 Å². The van der Waals surface area contributed by atoms with Crippen LogP contribution in [0, 0.1) is 0 Å². The highest BCUT2D eigenvalue weighted by Gasteiger charge is 2.40. The van der Waals surface area contributed by atoms with Gasteiger partial charge in [0.05, 0.1) is 28.1 Å². The lowest BCUT2D eigenvalue weighted by Crippen LogP contribution is -2.41. The first kappa shape index (κ1) is 30.6. The van der Waals surface area contributed by atoms with Gasteiger partial charge in [0.2, 0.25) is 0 Å². The van der Waals surface area contributed by atoms with E-state index in [-0.39, 0.29) is 62.5 Å². The second-order valence-corrected chi connectivity index (χ2v) is 13.7. The molecule has 3 aliphatic rings. The van der Waals surface area contributed by atoms with Crippen molar-refractivity contribution in [2.75, 3.05) is 0 Å². The highest BCUT2D eigenvalue weighted by Crippen LogP contribution is 2.33. The van der Waals surface area contributed by atoms with E-state index in [1.165, 1.54) is 12.2 Å². The molecule has 41 heavy (non-hydrogen) atoms. The zero-order valence-corrected chi connectivity index (χ0v) is 23.2. The standard InChI is InChI=1S/C23H30N4O12S2/c28-20-16(18(22(30)31)24-26(20)12-4-8-14(9-5-12)40(34,35)36)2-1-3-17-19(23(32)33)25-27(21(17)29)13-6-10-15(11-7-13)41(37,38)39/h1-3,12-15,20,25,28H,4-11H2,(H,30,31)(H,32,33)(H,34,35,36)(H,37,38,39)/b3-1?,16-2-. The molecule has 6 N–H and O–H groups in total. The molecule has 18 heteroatoms. The second kappa shape index (κ2) is 11.5. The number of aliphatic carboxylic acids is 1. The first-order valence-electron chi connectivity index (χ1n) is 12.8. The molecule has 16 nitrogen and oxygen atoms in total. The lowest BCUT2D eigenvalue weighted by atomic mass is 9.94. The van der Waals surface area contributed by atoms with Gasteiger partial charge in [-0.25, -0.2) is 14.3 Å². The maximum absolute atomic E-state index is 13.1. The third-order valence-electron chi connectivity index (χ3n) is 7.79. The molecule has 2 saturated carbocycles. The van der Waals surface area contributed by atoms with Crippen molar-refractivity contribution in [1.82, 2.24) is 14.8 Å². The number of hydrogen-bond donors (Lipinski definition) is 6. The average Bonchev–Trinajstić information content (AvgIpc) is 3.40. The van der Waals surface area contributed by atoms with Gasteiger partial charge in [-0.05, 0) is 57.4 Å². The Kier molecular flexibility index (Phi) is 8.60. The number of carboxylic acid groups (broad SMARTS) is 2. The zero-order chi connectivity index (χ0) is 30.3. The van der Waals surface area contributed by atoms with Crippen LogP contribution in [0.3, 0.4) is 0 Å². The van der Waals surface area contributed by atoms with Crippen LogP contribution in [0.25, 0.3) is 6.08 Å². The summed E-state index contributed by atoms with van der Waals surface area (Å²) in [4.78, 5) is 36.7. The monoisotopic (exact) mass is 618 g/mol. The second-order valence-electron chi connectivity index (χ2n) is 10.3. The van der Waals surface area contributed by atoms with Crippen molar-refractivity contribution in [2.24, 2.45) is 5.10 Å². The number of nitrogens with zero attached hydrogens (tertiary/aromatic N) is 3. The van der Waals surface area contributed by atoms with Gasteiger partial charge in [-0.2, -0.15) is 21.9 Å². The molecular weight excluding hydrogens is 588 g/mol. The van der Waals surface area contributed by atoms with Crippen molar-refractivity contribution < 1.29 is 50.8 Å². The number of rotatable bonds is 8. The van der Waals surface area contributed by atoms with Gasteiger partial charge in [0.15, 0.2) is 17.6 Å². The van der Waals surface area contributed by atoms with Crippen molar-refractivity contribution >= 4 is 44.0 Å². The molecule has 1 aliphatic heterocycles. The molecule has 0 amide bonds. The molecule has 0 aromatic carbocycles. The van der Waals surface area contributed by atoms with Crippen LogP contribution < -0.4 is 5.56 Å². The van der Waals surface area contributed by atoms with Gasteiger partial charge in [-0.1, -0.05) is 12.2 Å². The van der Waals surface area contributed by atoms with Gasteiger partial charge in [-0.3, -0.25) is 24.0 Å². The Balaban J connectivity index is 1.55. The lowest BCUT2D eigenvalue weighted by Gasteiger charge is -2.34. The minimum atomic E-state index is -4.23. The molecule has 1 aromatic heterocycles. The lowest BCUT2D eigenvalue weighted by molar-refractivity contribution is -0.129. The van der Waals surface area contributed by atoms with Gasteiger partial charge < -0.3 is 15.3 Å². The number of H-pyrrole nitrogens is 1. The van der Waals surface area contributed by atoms with Crippen molar-refractivity contribution in [3.05, 3.63) is 39.3 Å². The highest BCUT2D eigenvalue weighted by atomic mass is 32.2. The topological polar surface area (TPSA) is 257 Å². The maximum Gasteiger partial charge on any atom is 0.356 e. The molecule has 2 heterocycles. The first-order chi connectivity index (χ1) is 19.1. The Morgan fingerprint density at radius 1 is 0.854 bits per heavy atom. The van der Waals surface area contributed by atoms with E-state index in [0.29, 0.717) is 0 Å². The molecule has 0 bridgehead atoms. The van der Waals surface area contributed by atoms with E-state index in [1.807, 2.05) is 0 Å². The third-order valence-corrected chi connectivity index (χ3v) is 10.4. The molecule has 226 valence electrons. The molecular formula is C23H30N4O12S2. The largest absolute Gasteiger partial charge is 0.477 e. The summed E-state index contributed by atoms with van der Waals surface area (Å²) in [5.74, 6) is -2.89. The molecule has 4 rings (SSSR count). The predicted molar refractivity (Wildman–Crippen MR) is 142 cm³/mol. The molecule has 1 unspecified atom stereocenters. The summed E-state index contributed by atoms with van der Waals surface area (Å²) in [7, 11) is -8.46. The van der Waals surface area contributed by atoms with Crippen molar-refractivity contribution in [3.63, 3.8) is 0 Å². The Hall–Kier alpha value is -3.32. The summed E-state index contributed by atoms with van der Waals surface area (Å²) in [5, 5.41) is 35.9. The third kappa shape index (κ3) is 6.45. The van der Waals surface area contributed by atoms with Gasteiger partial charge in [-0.15, -0.1) is 0 Å². The number of nitrogens with one attached hydrogen (secondary N) is 1. The van der Waals surface area contributed by atoms with Crippen LogP contribution in [0.1, 0.15) is 73.5 Å². The number of aromatic nitrogens is 2. The summed E-state index contributed by atoms with van der Waals surface area (Å²) in [5.41, 5.74) is -2.03. The van der Waals surface area contributed by atoms with E-state index in [4.69, 9.17) is 0 Å². The molecule has 1 aromatic rings. The molecule has 2 fully saturated rings. The van der Waals surface area contributed by atoms with Gasteiger partial charge >= 0.3 is 11.9 Å². The predicted octanol–water partition coefficient (Wildman–Crippen LogP) is 0.459. The number of allylic oxidation sites excluding steroid dienone is 2. The average molecular weight is 619 g/mol. The summed E-state index contributed by atoms with van der Waals surface area (Å²) in [6.07, 6.45) is 3.20. The smallest absolute Gasteiger partial charge is 0.356 e. The number of carboxylic acids is 2. The van der Waals surface area contributed by atoms with E-state index >= 15 is 0 Å².